The first kappa shape index (κ1) is 21.6. The van der Waals surface area contributed by atoms with Crippen molar-refractivity contribution < 1.29 is 23.8 Å². The molecule has 168 valence electrons. The number of amides is 1. The molecular weight excluding hydrogens is 415 g/mol. The van der Waals surface area contributed by atoms with Crippen LogP contribution in [-0.4, -0.2) is 41.5 Å². The predicted molar refractivity (Wildman–Crippen MR) is 119 cm³/mol. The number of anilines is 2. The molecule has 1 saturated carbocycles. The Morgan fingerprint density at radius 3 is 2.72 bits per heavy atom. The van der Waals surface area contributed by atoms with E-state index in [4.69, 9.17) is 14.6 Å². The molecule has 8 nitrogen and oxygen atoms in total. The first-order valence-corrected chi connectivity index (χ1v) is 10.5. The molecule has 2 aromatic rings. The fraction of sp³-hybridized carbons (Fsp3) is 0.348. The maximum Gasteiger partial charge on any atom is 0.300 e. The van der Waals surface area contributed by atoms with Crippen LogP contribution in [0.1, 0.15) is 33.1 Å². The van der Waals surface area contributed by atoms with Crippen molar-refractivity contribution in [3.8, 4) is 16.9 Å². The quantitative estimate of drug-likeness (QED) is 0.674. The highest BCUT2D eigenvalue weighted by Crippen LogP contribution is 2.43. The SMILES string of the molecule is CC(=O)O.C[C@@H]1C(=O)NN=C2COc3cc(-c4cccc(F)c4)c(NC4CCC4)cc3N21. The van der Waals surface area contributed by atoms with Gasteiger partial charge in [-0.25, -0.2) is 9.82 Å². The van der Waals surface area contributed by atoms with Crippen molar-refractivity contribution >= 4 is 29.1 Å². The molecule has 0 saturated heterocycles. The number of hydrogen-bond donors (Lipinski definition) is 3. The monoisotopic (exact) mass is 440 g/mol. The Bertz CT molecular complexity index is 1080. The van der Waals surface area contributed by atoms with Crippen LogP contribution in [0, 0.1) is 5.82 Å². The van der Waals surface area contributed by atoms with Crippen molar-refractivity contribution in [2.45, 2.75) is 45.2 Å². The van der Waals surface area contributed by atoms with Crippen LogP contribution in [0.15, 0.2) is 41.5 Å². The van der Waals surface area contributed by atoms with Gasteiger partial charge in [0.05, 0.1) is 5.69 Å². The summed E-state index contributed by atoms with van der Waals surface area (Å²) in [6.07, 6.45) is 3.44. The van der Waals surface area contributed by atoms with Gasteiger partial charge in [0, 0.05) is 24.2 Å². The number of carbonyl (C=O) groups is 2. The minimum atomic E-state index is -0.833. The Labute approximate surface area is 185 Å². The molecule has 0 radical (unpaired) electrons. The summed E-state index contributed by atoms with van der Waals surface area (Å²) in [5, 5.41) is 15.1. The molecule has 2 aromatic carbocycles. The number of ether oxygens (including phenoxy) is 1. The topological polar surface area (TPSA) is 103 Å². The minimum Gasteiger partial charge on any atom is -0.483 e. The van der Waals surface area contributed by atoms with Gasteiger partial charge in [-0.05, 0) is 56.0 Å². The Kier molecular flexibility index (Phi) is 5.98. The van der Waals surface area contributed by atoms with Crippen molar-refractivity contribution in [3.05, 3.63) is 42.2 Å². The summed E-state index contributed by atoms with van der Waals surface area (Å²) in [5.74, 6) is 0.0763. The van der Waals surface area contributed by atoms with Gasteiger partial charge in [-0.3, -0.25) is 9.59 Å². The molecule has 0 bridgehead atoms. The molecule has 9 heteroatoms. The number of benzene rings is 2. The number of nitrogens with one attached hydrogen (secondary N) is 2. The molecule has 1 fully saturated rings. The Balaban J connectivity index is 0.000000567. The summed E-state index contributed by atoms with van der Waals surface area (Å²) in [7, 11) is 0. The van der Waals surface area contributed by atoms with E-state index in [9.17, 15) is 9.18 Å². The maximum atomic E-state index is 13.9. The molecule has 0 aromatic heterocycles. The van der Waals surface area contributed by atoms with Crippen molar-refractivity contribution in [2.24, 2.45) is 5.10 Å². The number of hydrogen-bond acceptors (Lipinski definition) is 6. The number of nitrogens with zero attached hydrogens (tertiary/aromatic N) is 2. The molecular formula is C23H25FN4O4. The normalized spacial score (nSPS) is 19.1. The fourth-order valence-electron chi connectivity index (χ4n) is 3.86. The van der Waals surface area contributed by atoms with Gasteiger partial charge in [-0.2, -0.15) is 5.10 Å². The van der Waals surface area contributed by atoms with Crippen molar-refractivity contribution in [1.29, 1.82) is 0 Å². The van der Waals surface area contributed by atoms with Gasteiger partial charge >= 0.3 is 0 Å². The Hall–Kier alpha value is -3.62. The number of carboxylic acid groups (broad SMARTS) is 1. The van der Waals surface area contributed by atoms with E-state index in [0.29, 0.717) is 17.6 Å². The van der Waals surface area contributed by atoms with E-state index >= 15 is 0 Å². The summed E-state index contributed by atoms with van der Waals surface area (Å²) < 4.78 is 19.8. The average Bonchev–Trinajstić information content (AvgIpc) is 2.72. The first-order valence-electron chi connectivity index (χ1n) is 10.5. The lowest BCUT2D eigenvalue weighted by Gasteiger charge is -2.39. The maximum absolute atomic E-state index is 13.9. The number of aliphatic carboxylic acids is 1. The van der Waals surface area contributed by atoms with E-state index in [0.717, 1.165) is 42.3 Å². The smallest absolute Gasteiger partial charge is 0.300 e. The van der Waals surface area contributed by atoms with Crippen LogP contribution in [0.2, 0.25) is 0 Å². The van der Waals surface area contributed by atoms with Crippen molar-refractivity contribution in [3.63, 3.8) is 0 Å². The van der Waals surface area contributed by atoms with Crippen LogP contribution in [0.25, 0.3) is 11.1 Å². The lowest BCUT2D eigenvalue weighted by molar-refractivity contribution is -0.134. The van der Waals surface area contributed by atoms with Crippen LogP contribution in [0.5, 0.6) is 5.75 Å². The number of hydrazone groups is 1. The van der Waals surface area contributed by atoms with Gasteiger partial charge in [0.15, 0.2) is 5.84 Å². The molecule has 2 aliphatic heterocycles. The minimum absolute atomic E-state index is 0.153. The van der Waals surface area contributed by atoms with Crippen molar-refractivity contribution in [2.75, 3.05) is 16.8 Å². The summed E-state index contributed by atoms with van der Waals surface area (Å²) >= 11 is 0. The van der Waals surface area contributed by atoms with Crippen LogP contribution in [0.3, 0.4) is 0 Å². The van der Waals surface area contributed by atoms with E-state index < -0.39 is 5.97 Å². The second-order valence-electron chi connectivity index (χ2n) is 8.01. The molecule has 3 aliphatic rings. The van der Waals surface area contributed by atoms with E-state index in [2.05, 4.69) is 15.8 Å². The standard InChI is InChI=1S/C21H21FN4O2.C2H4O2/c1-12-21(27)25-24-20-11-28-19-9-16(13-4-2-5-14(22)8-13)17(10-18(19)26(12)20)23-15-6-3-7-15;1-2(3)4/h2,4-5,8-10,12,15,23H,3,6-7,11H2,1H3,(H,25,27);1H3,(H,3,4)/t12-;/m1./s1. The number of amidine groups is 1. The average molecular weight is 440 g/mol. The third kappa shape index (κ3) is 4.37. The first-order chi connectivity index (χ1) is 15.3. The predicted octanol–water partition coefficient (Wildman–Crippen LogP) is 3.58. The molecule has 3 N–H and O–H groups in total. The fourth-order valence-corrected chi connectivity index (χ4v) is 3.86. The third-order valence-corrected chi connectivity index (χ3v) is 5.66. The molecule has 32 heavy (non-hydrogen) atoms. The molecule has 1 amide bonds. The highest BCUT2D eigenvalue weighted by atomic mass is 19.1. The Morgan fingerprint density at radius 1 is 1.31 bits per heavy atom. The third-order valence-electron chi connectivity index (χ3n) is 5.66. The van der Waals surface area contributed by atoms with Crippen LogP contribution < -0.4 is 20.4 Å². The summed E-state index contributed by atoms with van der Waals surface area (Å²) in [4.78, 5) is 23.1. The molecule has 2 heterocycles. The summed E-state index contributed by atoms with van der Waals surface area (Å²) in [6, 6.07) is 10.5. The number of carbonyl (C=O) groups excluding carboxylic acids is 1. The Morgan fingerprint density at radius 2 is 2.06 bits per heavy atom. The van der Waals surface area contributed by atoms with Crippen LogP contribution >= 0.6 is 0 Å². The number of carboxylic acids is 1. The van der Waals surface area contributed by atoms with Gasteiger partial charge < -0.3 is 20.1 Å². The molecule has 1 atom stereocenters. The zero-order valence-electron chi connectivity index (χ0n) is 17.9. The van der Waals surface area contributed by atoms with Crippen molar-refractivity contribution in [1.82, 2.24) is 5.43 Å². The number of rotatable bonds is 3. The highest BCUT2D eigenvalue weighted by molar-refractivity contribution is 6.10. The number of halogens is 1. The highest BCUT2D eigenvalue weighted by Gasteiger charge is 2.36. The second kappa shape index (κ2) is 8.86. The zero-order chi connectivity index (χ0) is 22.8. The van der Waals surface area contributed by atoms with E-state index in [1.807, 2.05) is 30.0 Å². The van der Waals surface area contributed by atoms with Crippen LogP contribution in [-0.2, 0) is 9.59 Å². The van der Waals surface area contributed by atoms with Gasteiger partial charge in [0.2, 0.25) is 0 Å². The van der Waals surface area contributed by atoms with Gasteiger partial charge in [0.1, 0.15) is 24.2 Å². The lowest BCUT2D eigenvalue weighted by Crippen LogP contribution is -2.55. The van der Waals surface area contributed by atoms with Gasteiger partial charge in [-0.15, -0.1) is 0 Å². The van der Waals surface area contributed by atoms with Gasteiger partial charge in [0.25, 0.3) is 11.9 Å². The summed E-state index contributed by atoms with van der Waals surface area (Å²) in [5.41, 5.74) is 5.93. The van der Waals surface area contributed by atoms with Gasteiger partial charge in [-0.1, -0.05) is 12.1 Å². The van der Waals surface area contributed by atoms with E-state index in [1.54, 1.807) is 6.07 Å². The molecule has 5 rings (SSSR count). The molecule has 0 spiro atoms. The van der Waals surface area contributed by atoms with E-state index in [1.165, 1.54) is 18.6 Å². The second-order valence-corrected chi connectivity index (χ2v) is 8.01. The molecule has 1 aliphatic carbocycles. The van der Waals surface area contributed by atoms with Crippen LogP contribution in [0.4, 0.5) is 15.8 Å². The summed E-state index contributed by atoms with van der Waals surface area (Å²) in [6.45, 7) is 3.20. The lowest BCUT2D eigenvalue weighted by atomic mass is 9.92. The largest absolute Gasteiger partial charge is 0.483 e. The number of fused-ring (bicyclic) bond motifs is 3. The zero-order valence-corrected chi connectivity index (χ0v) is 17.9. The molecule has 0 unspecified atom stereocenters. The van der Waals surface area contributed by atoms with E-state index in [-0.39, 0.29) is 24.4 Å².